The molecule has 1 aliphatic rings. The Morgan fingerprint density at radius 3 is 2.85 bits per heavy atom. The van der Waals surface area contributed by atoms with Gasteiger partial charge in [0, 0.05) is 38.3 Å². The van der Waals surface area contributed by atoms with E-state index < -0.39 is 0 Å². The summed E-state index contributed by atoms with van der Waals surface area (Å²) in [5.41, 5.74) is 0.694. The zero-order chi connectivity index (χ0) is 19.4. The highest BCUT2D eigenvalue weighted by Gasteiger charge is 2.28. The maximum atomic E-state index is 13.2. The largest absolute Gasteiger partial charge is 0.439 e. The molecule has 0 spiro atoms. The summed E-state index contributed by atoms with van der Waals surface area (Å²) in [6, 6.07) is 6.13. The molecule has 2 amide bonds. The molecule has 0 saturated carbocycles. The summed E-state index contributed by atoms with van der Waals surface area (Å²) in [5, 5.41) is 2.84. The number of ether oxygens (including phenoxy) is 1. The smallest absolute Gasteiger partial charge is 0.317 e. The van der Waals surface area contributed by atoms with Crippen molar-refractivity contribution >= 4 is 11.8 Å². The van der Waals surface area contributed by atoms with Crippen LogP contribution in [-0.2, 0) is 0 Å². The van der Waals surface area contributed by atoms with E-state index in [4.69, 9.17) is 4.74 Å². The molecule has 2 heterocycles. The molecule has 0 unspecified atom stereocenters. The lowest BCUT2D eigenvalue weighted by molar-refractivity contribution is 0.172. The highest BCUT2D eigenvalue weighted by molar-refractivity contribution is 5.74. The molecule has 8 heteroatoms. The molecule has 1 N–H and O–H groups in total. The van der Waals surface area contributed by atoms with Crippen LogP contribution in [0.1, 0.15) is 19.4 Å². The number of rotatable bonds is 4. The van der Waals surface area contributed by atoms with Gasteiger partial charge in [-0.05, 0) is 44.5 Å². The second-order valence-electron chi connectivity index (χ2n) is 6.55. The molecular weight excluding hydrogens is 349 g/mol. The van der Waals surface area contributed by atoms with Crippen molar-refractivity contribution in [1.82, 2.24) is 20.2 Å². The van der Waals surface area contributed by atoms with Crippen molar-refractivity contribution in [1.29, 1.82) is 0 Å². The molecule has 1 saturated heterocycles. The first-order valence-electron chi connectivity index (χ1n) is 9.03. The van der Waals surface area contributed by atoms with Crippen LogP contribution in [0.25, 0.3) is 0 Å². The minimum absolute atomic E-state index is 0.0388. The van der Waals surface area contributed by atoms with E-state index in [-0.39, 0.29) is 17.9 Å². The van der Waals surface area contributed by atoms with E-state index in [9.17, 15) is 9.18 Å². The molecule has 7 nitrogen and oxygen atoms in total. The second-order valence-corrected chi connectivity index (χ2v) is 6.55. The van der Waals surface area contributed by atoms with Gasteiger partial charge in [0.25, 0.3) is 0 Å². The predicted octanol–water partition coefficient (Wildman–Crippen LogP) is 2.96. The van der Waals surface area contributed by atoms with Gasteiger partial charge in [0.15, 0.2) is 0 Å². The molecule has 0 aliphatic carbocycles. The van der Waals surface area contributed by atoms with Gasteiger partial charge in [-0.1, -0.05) is 0 Å². The highest BCUT2D eigenvalue weighted by atomic mass is 19.1. The Balaban J connectivity index is 1.70. The number of carbonyl (C=O) groups excluding carboxylic acids is 1. The van der Waals surface area contributed by atoms with Gasteiger partial charge in [-0.25, -0.2) is 19.2 Å². The van der Waals surface area contributed by atoms with E-state index in [2.05, 4.69) is 20.2 Å². The number of aryl methyl sites for hydroxylation is 1. The second kappa shape index (κ2) is 8.20. The van der Waals surface area contributed by atoms with E-state index in [0.29, 0.717) is 43.4 Å². The number of anilines is 1. The lowest BCUT2D eigenvalue weighted by Crippen LogP contribution is -2.56. The van der Waals surface area contributed by atoms with Crippen LogP contribution in [0, 0.1) is 12.7 Å². The van der Waals surface area contributed by atoms with E-state index in [1.807, 2.05) is 18.7 Å². The van der Waals surface area contributed by atoms with Crippen LogP contribution >= 0.6 is 0 Å². The fraction of sp³-hybridized carbons (Fsp3) is 0.421. The molecule has 0 radical (unpaired) electrons. The average Bonchev–Trinajstić information content (AvgIpc) is 2.64. The molecule has 1 atom stereocenters. The van der Waals surface area contributed by atoms with Gasteiger partial charge in [-0.2, -0.15) is 0 Å². The maximum Gasteiger partial charge on any atom is 0.317 e. The minimum atomic E-state index is -0.304. The number of amides is 2. The summed E-state index contributed by atoms with van der Waals surface area (Å²) in [6.45, 7) is 8.27. The highest BCUT2D eigenvalue weighted by Crippen LogP contribution is 2.26. The third-order valence-electron chi connectivity index (χ3n) is 4.52. The zero-order valence-corrected chi connectivity index (χ0v) is 15.8. The zero-order valence-electron chi connectivity index (χ0n) is 15.8. The number of carbonyl (C=O) groups is 1. The van der Waals surface area contributed by atoms with Gasteiger partial charge in [0.2, 0.25) is 5.88 Å². The van der Waals surface area contributed by atoms with Gasteiger partial charge >= 0.3 is 6.03 Å². The molecule has 3 rings (SSSR count). The van der Waals surface area contributed by atoms with Gasteiger partial charge < -0.3 is 19.9 Å². The summed E-state index contributed by atoms with van der Waals surface area (Å²) >= 11 is 0. The number of piperazine rings is 1. The summed E-state index contributed by atoms with van der Waals surface area (Å²) in [7, 11) is 0. The summed E-state index contributed by atoms with van der Waals surface area (Å²) in [5.74, 6) is 1.38. The summed E-state index contributed by atoms with van der Waals surface area (Å²) in [6.07, 6.45) is 1.45. The van der Waals surface area contributed by atoms with Crippen molar-refractivity contribution in [3.63, 3.8) is 0 Å². The first-order chi connectivity index (χ1) is 13.0. The Kier molecular flexibility index (Phi) is 5.73. The van der Waals surface area contributed by atoms with Crippen LogP contribution in [0.15, 0.2) is 30.6 Å². The Bertz CT molecular complexity index is 816. The molecule has 1 aliphatic heterocycles. The molecule has 0 bridgehead atoms. The standard InChI is InChI=1S/C19H24FN5O2/c1-4-21-19(26)25-8-7-24(11-14(25)3)17-10-18(23-12-22-17)27-16-6-5-15(20)9-13(16)2/h5-6,9-10,12,14H,4,7-8,11H2,1-3H3,(H,21,26)/t14-/m0/s1. The Morgan fingerprint density at radius 1 is 1.33 bits per heavy atom. The van der Waals surface area contributed by atoms with Crippen LogP contribution in [-0.4, -0.2) is 53.1 Å². The molecule has 1 aromatic heterocycles. The first kappa shape index (κ1) is 18.9. The third kappa shape index (κ3) is 4.45. The monoisotopic (exact) mass is 373 g/mol. The van der Waals surface area contributed by atoms with E-state index in [1.165, 1.54) is 18.5 Å². The van der Waals surface area contributed by atoms with Gasteiger partial charge in [0.1, 0.15) is 23.7 Å². The molecule has 1 fully saturated rings. The third-order valence-corrected chi connectivity index (χ3v) is 4.52. The molecule has 2 aromatic rings. The SMILES string of the molecule is CCNC(=O)N1CCN(c2cc(Oc3ccc(F)cc3C)ncn2)C[C@@H]1C. The van der Waals surface area contributed by atoms with Crippen molar-refractivity contribution in [3.05, 3.63) is 42.0 Å². The fourth-order valence-electron chi connectivity index (χ4n) is 3.12. The number of benzene rings is 1. The van der Waals surface area contributed by atoms with Gasteiger partial charge in [-0.3, -0.25) is 0 Å². The van der Waals surface area contributed by atoms with Crippen molar-refractivity contribution < 1.29 is 13.9 Å². The Labute approximate surface area is 158 Å². The lowest BCUT2D eigenvalue weighted by Gasteiger charge is -2.40. The summed E-state index contributed by atoms with van der Waals surface area (Å²) in [4.78, 5) is 24.5. The number of nitrogens with one attached hydrogen (secondary N) is 1. The van der Waals surface area contributed by atoms with Crippen molar-refractivity contribution in [2.75, 3.05) is 31.1 Å². The summed E-state index contributed by atoms with van der Waals surface area (Å²) < 4.78 is 19.0. The van der Waals surface area contributed by atoms with Crippen LogP contribution < -0.4 is 15.0 Å². The van der Waals surface area contributed by atoms with Crippen LogP contribution in [0.3, 0.4) is 0 Å². The normalized spacial score (nSPS) is 17.0. The molecule has 1 aromatic carbocycles. The lowest BCUT2D eigenvalue weighted by atomic mass is 10.2. The molecule has 27 heavy (non-hydrogen) atoms. The molecular formula is C19H24FN5O2. The number of halogens is 1. The Morgan fingerprint density at radius 2 is 2.15 bits per heavy atom. The van der Waals surface area contributed by atoms with Crippen molar-refractivity contribution in [2.24, 2.45) is 0 Å². The fourth-order valence-corrected chi connectivity index (χ4v) is 3.12. The van der Waals surface area contributed by atoms with E-state index in [1.54, 1.807) is 19.1 Å². The Hall–Kier alpha value is -2.90. The topological polar surface area (TPSA) is 70.6 Å². The first-order valence-corrected chi connectivity index (χ1v) is 9.03. The van der Waals surface area contributed by atoms with Crippen molar-refractivity contribution in [2.45, 2.75) is 26.8 Å². The molecule has 144 valence electrons. The number of hydrogen-bond acceptors (Lipinski definition) is 5. The predicted molar refractivity (Wildman–Crippen MR) is 101 cm³/mol. The number of aromatic nitrogens is 2. The number of urea groups is 1. The van der Waals surface area contributed by atoms with Crippen LogP contribution in [0.4, 0.5) is 15.0 Å². The van der Waals surface area contributed by atoms with Gasteiger partial charge in [-0.15, -0.1) is 0 Å². The average molecular weight is 373 g/mol. The number of nitrogens with zero attached hydrogens (tertiary/aromatic N) is 4. The maximum absolute atomic E-state index is 13.2. The van der Waals surface area contributed by atoms with E-state index in [0.717, 1.165) is 5.82 Å². The van der Waals surface area contributed by atoms with E-state index >= 15 is 0 Å². The minimum Gasteiger partial charge on any atom is -0.439 e. The number of hydrogen-bond donors (Lipinski definition) is 1. The van der Waals surface area contributed by atoms with Crippen molar-refractivity contribution in [3.8, 4) is 11.6 Å². The van der Waals surface area contributed by atoms with Crippen LogP contribution in [0.5, 0.6) is 11.6 Å². The quantitative estimate of drug-likeness (QED) is 0.892. The van der Waals surface area contributed by atoms with Crippen LogP contribution in [0.2, 0.25) is 0 Å². The van der Waals surface area contributed by atoms with Gasteiger partial charge in [0.05, 0.1) is 0 Å².